The van der Waals surface area contributed by atoms with Crippen LogP contribution in [-0.2, 0) is 0 Å². The first-order valence-corrected chi connectivity index (χ1v) is 8.18. The van der Waals surface area contributed by atoms with E-state index in [2.05, 4.69) is 25.3 Å². The van der Waals surface area contributed by atoms with Crippen molar-refractivity contribution < 1.29 is 13.9 Å². The number of fused-ring (bicyclic) bond motifs is 2. The number of ether oxygens (including phenoxy) is 1. The minimum Gasteiger partial charge on any atom is -0.469 e. The lowest BCUT2D eigenvalue weighted by molar-refractivity contribution is 0.0956. The molecular weight excluding hydrogens is 339 g/mol. The Kier molecular flexibility index (Phi) is 3.90. The third-order valence-corrected chi connectivity index (χ3v) is 4.29. The zero-order valence-corrected chi connectivity index (χ0v) is 14.3. The van der Waals surface area contributed by atoms with Gasteiger partial charge in [-0.2, -0.15) is 0 Å². The van der Waals surface area contributed by atoms with Gasteiger partial charge in [-0.25, -0.2) is 19.3 Å². The second-order valence-corrected chi connectivity index (χ2v) is 6.11. The highest BCUT2D eigenvalue weighted by Gasteiger charge is 2.21. The molecule has 134 valence electrons. The predicted molar refractivity (Wildman–Crippen MR) is 92.7 cm³/mol. The third-order valence-electron chi connectivity index (χ3n) is 4.29. The van der Waals surface area contributed by atoms with Crippen LogP contribution in [0.25, 0.3) is 11.2 Å². The Labute approximate surface area is 148 Å². The molecule has 1 aliphatic heterocycles. The molecule has 9 heteroatoms. The molecule has 3 aromatic heterocycles. The molecule has 26 heavy (non-hydrogen) atoms. The number of rotatable bonds is 0. The van der Waals surface area contributed by atoms with Crippen molar-refractivity contribution in [1.29, 1.82) is 0 Å². The van der Waals surface area contributed by atoms with Crippen molar-refractivity contribution in [1.82, 2.24) is 25.3 Å². The van der Waals surface area contributed by atoms with Gasteiger partial charge in [-0.15, -0.1) is 0 Å². The van der Waals surface area contributed by atoms with Crippen LogP contribution in [0.4, 0.5) is 10.2 Å². The SMILES string of the molecule is CC1Oc2cnc3[nH]cc(c3n2)C(=O)NCCN(C)c2ncc(F)cc21. The normalized spacial score (nSPS) is 17.7. The molecule has 0 aliphatic carbocycles. The zero-order chi connectivity index (χ0) is 18.3. The van der Waals surface area contributed by atoms with Gasteiger partial charge in [0.1, 0.15) is 23.3 Å². The third kappa shape index (κ3) is 2.81. The van der Waals surface area contributed by atoms with Crippen molar-refractivity contribution in [2.45, 2.75) is 13.0 Å². The number of pyridine rings is 1. The number of likely N-dealkylation sites (N-methyl/N-ethyl adjacent to an activating group) is 1. The number of hydrogen-bond acceptors (Lipinski definition) is 6. The maximum atomic E-state index is 13.8. The number of aromatic amines is 1. The number of anilines is 1. The van der Waals surface area contributed by atoms with E-state index >= 15 is 0 Å². The van der Waals surface area contributed by atoms with Crippen molar-refractivity contribution in [3.63, 3.8) is 0 Å². The van der Waals surface area contributed by atoms with Gasteiger partial charge < -0.3 is 19.9 Å². The van der Waals surface area contributed by atoms with Crippen LogP contribution in [0.5, 0.6) is 5.88 Å². The Hall–Kier alpha value is -3.23. The second kappa shape index (κ2) is 6.25. The lowest BCUT2D eigenvalue weighted by atomic mass is 10.1. The summed E-state index contributed by atoms with van der Waals surface area (Å²) in [7, 11) is 1.83. The van der Waals surface area contributed by atoms with Gasteiger partial charge in [-0.05, 0) is 13.0 Å². The average Bonchev–Trinajstić information content (AvgIpc) is 3.04. The molecule has 1 aliphatic rings. The van der Waals surface area contributed by atoms with Gasteiger partial charge >= 0.3 is 0 Å². The van der Waals surface area contributed by atoms with Crippen LogP contribution in [0.2, 0.25) is 0 Å². The molecule has 2 N–H and O–H groups in total. The largest absolute Gasteiger partial charge is 0.469 e. The van der Waals surface area contributed by atoms with Crippen LogP contribution >= 0.6 is 0 Å². The average molecular weight is 356 g/mol. The van der Waals surface area contributed by atoms with E-state index in [1.807, 2.05) is 11.9 Å². The van der Waals surface area contributed by atoms with Crippen LogP contribution in [0.15, 0.2) is 24.7 Å². The fourth-order valence-electron chi connectivity index (χ4n) is 2.95. The summed E-state index contributed by atoms with van der Waals surface area (Å²) in [5.41, 5.74) is 1.91. The first-order chi connectivity index (χ1) is 12.5. The molecule has 0 saturated carbocycles. The molecule has 0 fully saturated rings. The van der Waals surface area contributed by atoms with Crippen LogP contribution in [0, 0.1) is 5.82 Å². The van der Waals surface area contributed by atoms with Crippen LogP contribution in [-0.4, -0.2) is 46.0 Å². The van der Waals surface area contributed by atoms with E-state index in [1.54, 1.807) is 13.1 Å². The summed E-state index contributed by atoms with van der Waals surface area (Å²) in [5, 5.41) is 2.85. The highest BCUT2D eigenvalue weighted by atomic mass is 19.1. The van der Waals surface area contributed by atoms with E-state index in [1.165, 1.54) is 12.3 Å². The van der Waals surface area contributed by atoms with Gasteiger partial charge in [-0.3, -0.25) is 4.79 Å². The summed E-state index contributed by atoms with van der Waals surface area (Å²) in [6.07, 6.45) is 3.69. The number of carbonyl (C=O) groups is 1. The van der Waals surface area contributed by atoms with E-state index in [9.17, 15) is 9.18 Å². The summed E-state index contributed by atoms with van der Waals surface area (Å²) in [4.78, 5) is 30.0. The van der Waals surface area contributed by atoms with Crippen LogP contribution in [0.1, 0.15) is 28.9 Å². The van der Waals surface area contributed by atoms with Gasteiger partial charge in [0, 0.05) is 31.9 Å². The van der Waals surface area contributed by atoms with Crippen molar-refractivity contribution in [3.8, 4) is 5.88 Å². The molecule has 8 nitrogen and oxygen atoms in total. The quantitative estimate of drug-likeness (QED) is 0.638. The Morgan fingerprint density at radius 1 is 1.35 bits per heavy atom. The minimum atomic E-state index is -0.505. The highest BCUT2D eigenvalue weighted by Crippen LogP contribution is 2.28. The Morgan fingerprint density at radius 2 is 2.19 bits per heavy atom. The number of nitrogens with zero attached hydrogens (tertiary/aromatic N) is 4. The standard InChI is InChI=1S/C17H17FN6O2/c1-9-11-5-10(18)6-22-16(11)24(2)4-3-19-17(25)12-7-20-15-14(12)23-13(26-9)8-21-15/h5-9H,3-4H2,1-2H3,(H,19,25)(H,20,21). The van der Waals surface area contributed by atoms with Gasteiger partial charge in [0.05, 0.1) is 18.0 Å². The van der Waals surface area contributed by atoms with Crippen LogP contribution in [0.3, 0.4) is 0 Å². The first kappa shape index (κ1) is 16.2. The molecule has 4 rings (SSSR count). The molecule has 2 bridgehead atoms. The summed E-state index contributed by atoms with van der Waals surface area (Å²) in [6.45, 7) is 2.69. The Bertz CT molecular complexity index is 989. The van der Waals surface area contributed by atoms with Crippen molar-refractivity contribution >= 4 is 22.9 Å². The van der Waals surface area contributed by atoms with E-state index in [0.29, 0.717) is 41.2 Å². The molecule has 0 radical (unpaired) electrons. The topological polar surface area (TPSA) is 96.0 Å². The molecule has 4 heterocycles. The zero-order valence-electron chi connectivity index (χ0n) is 14.3. The fraction of sp³-hybridized carbons (Fsp3) is 0.294. The molecule has 1 atom stereocenters. The smallest absolute Gasteiger partial charge is 0.255 e. The second-order valence-electron chi connectivity index (χ2n) is 6.11. The highest BCUT2D eigenvalue weighted by molar-refractivity contribution is 6.04. The lowest BCUT2D eigenvalue weighted by Gasteiger charge is -2.24. The number of amides is 1. The maximum absolute atomic E-state index is 13.8. The number of carbonyl (C=O) groups excluding carboxylic acids is 1. The number of hydrogen-bond donors (Lipinski definition) is 2. The number of H-pyrrole nitrogens is 1. The van der Waals surface area contributed by atoms with Gasteiger partial charge in [0.15, 0.2) is 5.65 Å². The van der Waals surface area contributed by atoms with Crippen molar-refractivity contribution in [2.24, 2.45) is 0 Å². The van der Waals surface area contributed by atoms with E-state index < -0.39 is 11.9 Å². The lowest BCUT2D eigenvalue weighted by Crippen LogP contribution is -2.33. The Morgan fingerprint density at radius 3 is 3.04 bits per heavy atom. The molecule has 0 aromatic carbocycles. The number of aromatic nitrogens is 4. The molecule has 0 spiro atoms. The summed E-state index contributed by atoms with van der Waals surface area (Å²) < 4.78 is 19.6. The number of halogens is 1. The molecule has 0 saturated heterocycles. The Balaban J connectivity index is 1.82. The molecule has 1 unspecified atom stereocenters. The predicted octanol–water partition coefficient (Wildman–Crippen LogP) is 1.81. The first-order valence-electron chi connectivity index (χ1n) is 8.18. The molecule has 3 aromatic rings. The van der Waals surface area contributed by atoms with Crippen LogP contribution < -0.4 is 15.0 Å². The number of nitrogens with one attached hydrogen (secondary N) is 2. The van der Waals surface area contributed by atoms with Gasteiger partial charge in [0.2, 0.25) is 5.88 Å². The summed E-state index contributed by atoms with van der Waals surface area (Å²) >= 11 is 0. The summed E-state index contributed by atoms with van der Waals surface area (Å²) in [6, 6.07) is 1.40. The van der Waals surface area contributed by atoms with E-state index in [-0.39, 0.29) is 11.8 Å². The molecular formula is C17H17FN6O2. The monoisotopic (exact) mass is 356 g/mol. The van der Waals surface area contributed by atoms with E-state index in [4.69, 9.17) is 4.74 Å². The minimum absolute atomic E-state index is 0.246. The fourth-order valence-corrected chi connectivity index (χ4v) is 2.95. The maximum Gasteiger partial charge on any atom is 0.255 e. The van der Waals surface area contributed by atoms with Crippen molar-refractivity contribution in [2.75, 3.05) is 25.0 Å². The summed E-state index contributed by atoms with van der Waals surface area (Å²) in [5.74, 6) is 0.132. The van der Waals surface area contributed by atoms with Gasteiger partial charge in [0.25, 0.3) is 5.91 Å². The van der Waals surface area contributed by atoms with Gasteiger partial charge in [-0.1, -0.05) is 0 Å². The molecule has 1 amide bonds. The van der Waals surface area contributed by atoms with Crippen molar-refractivity contribution in [3.05, 3.63) is 41.6 Å². The van der Waals surface area contributed by atoms with E-state index in [0.717, 1.165) is 6.20 Å².